The Morgan fingerprint density at radius 2 is 1.85 bits per heavy atom. The highest BCUT2D eigenvalue weighted by molar-refractivity contribution is 6.26. The van der Waals surface area contributed by atoms with Gasteiger partial charge < -0.3 is 14.9 Å². The number of aliphatic hydroxyl groups excluding tert-OH is 1. The SMILES string of the molecule is CCC/C=C1/C(=O)[C@@](O)(c2ccc(C(=O)OC)cc2)[C@H](O)c2ccccc21. The van der Waals surface area contributed by atoms with Gasteiger partial charge in [-0.15, -0.1) is 0 Å². The Morgan fingerprint density at radius 1 is 1.19 bits per heavy atom. The van der Waals surface area contributed by atoms with E-state index in [4.69, 9.17) is 0 Å². The molecule has 0 aromatic heterocycles. The van der Waals surface area contributed by atoms with E-state index < -0.39 is 23.5 Å². The van der Waals surface area contributed by atoms with Crippen LogP contribution in [0.15, 0.2) is 54.6 Å². The van der Waals surface area contributed by atoms with Crippen molar-refractivity contribution in [2.75, 3.05) is 7.11 Å². The van der Waals surface area contributed by atoms with Crippen molar-refractivity contribution in [1.82, 2.24) is 0 Å². The van der Waals surface area contributed by atoms with Crippen LogP contribution in [0.25, 0.3) is 5.57 Å². The number of allylic oxidation sites excluding steroid dienone is 1. The van der Waals surface area contributed by atoms with Gasteiger partial charge in [0.15, 0.2) is 5.60 Å². The Labute approximate surface area is 157 Å². The van der Waals surface area contributed by atoms with Crippen molar-refractivity contribution < 1.29 is 24.5 Å². The zero-order chi connectivity index (χ0) is 19.6. The van der Waals surface area contributed by atoms with Gasteiger partial charge in [-0.05, 0) is 35.2 Å². The third-order valence-electron chi connectivity index (χ3n) is 4.92. The Bertz CT molecular complexity index is 897. The van der Waals surface area contributed by atoms with Crippen molar-refractivity contribution in [2.24, 2.45) is 0 Å². The number of hydrogen-bond acceptors (Lipinski definition) is 5. The van der Waals surface area contributed by atoms with Crippen LogP contribution in [0, 0.1) is 0 Å². The summed E-state index contributed by atoms with van der Waals surface area (Å²) in [5, 5.41) is 22.2. The van der Waals surface area contributed by atoms with Gasteiger partial charge in [-0.3, -0.25) is 4.79 Å². The van der Waals surface area contributed by atoms with Crippen LogP contribution in [0.5, 0.6) is 0 Å². The van der Waals surface area contributed by atoms with Gasteiger partial charge >= 0.3 is 5.97 Å². The maximum atomic E-state index is 13.2. The monoisotopic (exact) mass is 366 g/mol. The number of hydrogen-bond donors (Lipinski definition) is 2. The first-order chi connectivity index (χ1) is 12.9. The van der Waals surface area contributed by atoms with Crippen LogP contribution in [0.1, 0.15) is 52.9 Å². The lowest BCUT2D eigenvalue weighted by Gasteiger charge is -2.38. The maximum Gasteiger partial charge on any atom is 0.337 e. The Hall–Kier alpha value is -2.76. The zero-order valence-corrected chi connectivity index (χ0v) is 15.3. The molecule has 0 fully saturated rings. The number of carbonyl (C=O) groups excluding carboxylic acids is 2. The lowest BCUT2D eigenvalue weighted by atomic mass is 9.70. The van der Waals surface area contributed by atoms with Crippen LogP contribution >= 0.6 is 0 Å². The lowest BCUT2D eigenvalue weighted by molar-refractivity contribution is -0.148. The number of rotatable bonds is 4. The third kappa shape index (κ3) is 3.09. The van der Waals surface area contributed by atoms with E-state index in [9.17, 15) is 19.8 Å². The average Bonchev–Trinajstić information content (AvgIpc) is 2.71. The van der Waals surface area contributed by atoms with E-state index in [1.807, 2.05) is 6.92 Å². The molecule has 0 aliphatic heterocycles. The van der Waals surface area contributed by atoms with Crippen molar-refractivity contribution in [3.63, 3.8) is 0 Å². The summed E-state index contributed by atoms with van der Waals surface area (Å²) in [7, 11) is 1.28. The summed E-state index contributed by atoms with van der Waals surface area (Å²) in [5.41, 5.74) is -0.0624. The third-order valence-corrected chi connectivity index (χ3v) is 4.92. The number of Topliss-reactive ketones (excluding diaryl/α,β-unsaturated/α-hetero) is 1. The summed E-state index contributed by atoms with van der Waals surface area (Å²) in [4.78, 5) is 24.9. The van der Waals surface area contributed by atoms with Gasteiger partial charge in [0.05, 0.1) is 12.7 Å². The fraction of sp³-hybridized carbons (Fsp3) is 0.273. The maximum absolute atomic E-state index is 13.2. The van der Waals surface area contributed by atoms with Crippen molar-refractivity contribution in [1.29, 1.82) is 0 Å². The molecule has 0 spiro atoms. The molecule has 2 aromatic carbocycles. The smallest absolute Gasteiger partial charge is 0.337 e. The van der Waals surface area contributed by atoms with Crippen molar-refractivity contribution in [2.45, 2.75) is 31.5 Å². The lowest BCUT2D eigenvalue weighted by Crippen LogP contribution is -2.45. The first-order valence-electron chi connectivity index (χ1n) is 8.88. The molecule has 1 aliphatic rings. The topological polar surface area (TPSA) is 83.8 Å². The van der Waals surface area contributed by atoms with Crippen LogP contribution in [0.2, 0.25) is 0 Å². The number of fused-ring (bicyclic) bond motifs is 1. The predicted molar refractivity (Wildman–Crippen MR) is 101 cm³/mol. The number of ether oxygens (including phenoxy) is 1. The fourth-order valence-electron chi connectivity index (χ4n) is 3.42. The second kappa shape index (κ2) is 7.47. The molecule has 0 saturated heterocycles. The molecule has 0 amide bonds. The standard InChI is InChI=1S/C22H22O5/c1-3-4-7-17-16-8-5-6-9-18(16)20(24)22(26,19(17)23)15-12-10-14(11-13-15)21(25)27-2/h5-13,20,24,26H,3-4H2,1-2H3/b17-7+/t20-,22+/m1/s1. The van der Waals surface area contributed by atoms with E-state index in [1.54, 1.807) is 30.3 Å². The molecule has 1 aliphatic carbocycles. The highest BCUT2D eigenvalue weighted by Gasteiger charge is 2.51. The Kier molecular flexibility index (Phi) is 5.26. The molecule has 2 atom stereocenters. The predicted octanol–water partition coefficient (Wildman–Crippen LogP) is 3.16. The highest BCUT2D eigenvalue weighted by atomic mass is 16.5. The first-order valence-corrected chi connectivity index (χ1v) is 8.88. The molecule has 5 nitrogen and oxygen atoms in total. The molecule has 0 saturated carbocycles. The minimum atomic E-state index is -2.12. The fourth-order valence-corrected chi connectivity index (χ4v) is 3.42. The van der Waals surface area contributed by atoms with Gasteiger partial charge in [-0.1, -0.05) is 55.8 Å². The molecule has 2 N–H and O–H groups in total. The average molecular weight is 366 g/mol. The summed E-state index contributed by atoms with van der Waals surface area (Å²) in [6.07, 6.45) is 1.93. The highest BCUT2D eigenvalue weighted by Crippen LogP contribution is 2.46. The van der Waals surface area contributed by atoms with Gasteiger partial charge in [0.2, 0.25) is 5.78 Å². The van der Waals surface area contributed by atoms with E-state index in [0.717, 1.165) is 6.42 Å². The molecule has 140 valence electrons. The quantitative estimate of drug-likeness (QED) is 0.641. The van der Waals surface area contributed by atoms with Gasteiger partial charge in [0.25, 0.3) is 0 Å². The summed E-state index contributed by atoms with van der Waals surface area (Å²) < 4.78 is 4.67. The largest absolute Gasteiger partial charge is 0.465 e. The molecule has 0 unspecified atom stereocenters. The molecule has 2 aromatic rings. The Morgan fingerprint density at radius 3 is 2.48 bits per heavy atom. The van der Waals surface area contributed by atoms with Crippen LogP contribution in [0.4, 0.5) is 0 Å². The van der Waals surface area contributed by atoms with Crippen molar-refractivity contribution >= 4 is 17.3 Å². The number of methoxy groups -OCH3 is 1. The number of esters is 1. The number of unbranched alkanes of at least 4 members (excludes halogenated alkanes) is 1. The molecular weight excluding hydrogens is 344 g/mol. The number of aliphatic hydroxyl groups is 2. The molecule has 5 heteroatoms. The van der Waals surface area contributed by atoms with E-state index in [0.29, 0.717) is 28.7 Å². The van der Waals surface area contributed by atoms with Crippen molar-refractivity contribution in [3.05, 3.63) is 76.9 Å². The van der Waals surface area contributed by atoms with E-state index in [-0.39, 0.29) is 5.56 Å². The number of benzene rings is 2. The molecule has 27 heavy (non-hydrogen) atoms. The van der Waals surface area contributed by atoms with E-state index >= 15 is 0 Å². The molecule has 0 bridgehead atoms. The minimum Gasteiger partial charge on any atom is -0.465 e. The van der Waals surface area contributed by atoms with Gasteiger partial charge in [0.1, 0.15) is 6.10 Å². The summed E-state index contributed by atoms with van der Waals surface area (Å²) >= 11 is 0. The zero-order valence-electron chi connectivity index (χ0n) is 15.3. The van der Waals surface area contributed by atoms with E-state index in [2.05, 4.69) is 4.74 Å². The number of carbonyl (C=O) groups is 2. The minimum absolute atomic E-state index is 0.226. The second-order valence-electron chi connectivity index (χ2n) is 6.56. The molecule has 3 rings (SSSR count). The summed E-state index contributed by atoms with van der Waals surface area (Å²) in [6.45, 7) is 2.00. The molecular formula is C22H22O5. The van der Waals surface area contributed by atoms with Crippen LogP contribution in [0.3, 0.4) is 0 Å². The molecule has 0 heterocycles. The second-order valence-corrected chi connectivity index (χ2v) is 6.56. The van der Waals surface area contributed by atoms with Gasteiger partial charge in [-0.25, -0.2) is 4.79 Å². The van der Waals surface area contributed by atoms with Crippen LogP contribution < -0.4 is 0 Å². The first kappa shape index (κ1) is 19.0. The molecule has 0 radical (unpaired) electrons. The van der Waals surface area contributed by atoms with Crippen LogP contribution in [-0.4, -0.2) is 29.1 Å². The van der Waals surface area contributed by atoms with E-state index in [1.165, 1.54) is 31.4 Å². The Balaban J connectivity index is 2.14. The van der Waals surface area contributed by atoms with Gasteiger partial charge in [-0.2, -0.15) is 0 Å². The summed E-state index contributed by atoms with van der Waals surface area (Å²) in [6, 6.07) is 12.9. The van der Waals surface area contributed by atoms with Gasteiger partial charge in [0, 0.05) is 5.57 Å². The number of ketones is 1. The van der Waals surface area contributed by atoms with Crippen molar-refractivity contribution in [3.8, 4) is 0 Å². The summed E-state index contributed by atoms with van der Waals surface area (Å²) in [5.74, 6) is -1.06. The van der Waals surface area contributed by atoms with Crippen LogP contribution in [-0.2, 0) is 15.1 Å². The normalized spacial score (nSPS) is 23.2.